The van der Waals surface area contributed by atoms with Gasteiger partial charge in [-0.15, -0.1) is 0 Å². The number of halogens is 3. The van der Waals surface area contributed by atoms with Crippen molar-refractivity contribution in [1.82, 2.24) is 0 Å². The molecule has 2 nitrogen and oxygen atoms in total. The predicted molar refractivity (Wildman–Crippen MR) is 80.6 cm³/mol. The lowest BCUT2D eigenvalue weighted by molar-refractivity contribution is 0.0850. The molecule has 5 heteroatoms. The van der Waals surface area contributed by atoms with Crippen LogP contribution in [0.25, 0.3) is 0 Å². The Kier molecular flexibility index (Phi) is 3.65. The molecular weight excluding hydrogens is 391 g/mol. The highest BCUT2D eigenvalue weighted by Crippen LogP contribution is 2.37. The van der Waals surface area contributed by atoms with E-state index in [0.29, 0.717) is 15.8 Å². The Labute approximate surface area is 132 Å². The second-order valence-electron chi connectivity index (χ2n) is 4.55. The van der Waals surface area contributed by atoms with Crippen LogP contribution in [0.5, 0.6) is 5.75 Å². The zero-order valence-electron chi connectivity index (χ0n) is 10.2. The van der Waals surface area contributed by atoms with Crippen molar-refractivity contribution in [2.75, 3.05) is 0 Å². The first-order valence-corrected chi connectivity index (χ1v) is 7.57. The predicted octanol–water partition coefficient (Wildman–Crippen LogP) is 5.06. The van der Waals surface area contributed by atoms with Crippen molar-refractivity contribution in [2.24, 2.45) is 0 Å². The summed E-state index contributed by atoms with van der Waals surface area (Å²) in [6.07, 6.45) is -0.130. The number of carbonyl (C=O) groups excluding carboxylic acids is 1. The molecule has 3 rings (SSSR count). The lowest BCUT2D eigenvalue weighted by atomic mass is 9.96. The zero-order valence-corrected chi connectivity index (χ0v) is 13.4. The van der Waals surface area contributed by atoms with E-state index in [1.807, 2.05) is 6.07 Å². The summed E-state index contributed by atoms with van der Waals surface area (Å²) in [6, 6.07) is 10.0. The third-order valence-electron chi connectivity index (χ3n) is 3.20. The number of fused-ring (bicyclic) bond motifs is 1. The Hall–Kier alpha value is -1.20. The van der Waals surface area contributed by atoms with Gasteiger partial charge < -0.3 is 4.74 Å². The van der Waals surface area contributed by atoms with Crippen molar-refractivity contribution in [1.29, 1.82) is 0 Å². The number of carbonyl (C=O) groups is 1. The molecule has 1 heterocycles. The Morgan fingerprint density at radius 1 is 1.15 bits per heavy atom. The van der Waals surface area contributed by atoms with Gasteiger partial charge in [0.25, 0.3) is 0 Å². The van der Waals surface area contributed by atoms with E-state index in [9.17, 15) is 9.18 Å². The maximum Gasteiger partial charge on any atom is 0.170 e. The molecule has 2 aromatic rings. The summed E-state index contributed by atoms with van der Waals surface area (Å²) >= 11 is 6.49. The smallest absolute Gasteiger partial charge is 0.170 e. The SMILES string of the molecule is O=C1CC(c2ccc(F)c(Br)c2)Oc2ccc(Br)cc21. The lowest BCUT2D eigenvalue weighted by Gasteiger charge is -2.25. The molecule has 1 aliphatic heterocycles. The molecule has 0 amide bonds. The summed E-state index contributed by atoms with van der Waals surface area (Å²) in [5.41, 5.74) is 1.36. The van der Waals surface area contributed by atoms with E-state index in [4.69, 9.17) is 4.74 Å². The average molecular weight is 400 g/mol. The van der Waals surface area contributed by atoms with Crippen LogP contribution < -0.4 is 4.74 Å². The molecule has 0 fully saturated rings. The van der Waals surface area contributed by atoms with Gasteiger partial charge in [-0.25, -0.2) is 4.39 Å². The van der Waals surface area contributed by atoms with Gasteiger partial charge in [0.2, 0.25) is 0 Å². The number of hydrogen-bond donors (Lipinski definition) is 0. The second kappa shape index (κ2) is 5.30. The lowest BCUT2D eigenvalue weighted by Crippen LogP contribution is -2.20. The number of rotatable bonds is 1. The minimum Gasteiger partial charge on any atom is -0.484 e. The highest BCUT2D eigenvalue weighted by molar-refractivity contribution is 9.10. The molecule has 0 saturated carbocycles. The molecule has 0 N–H and O–H groups in total. The van der Waals surface area contributed by atoms with Gasteiger partial charge in [0.15, 0.2) is 5.78 Å². The summed E-state index contributed by atoms with van der Waals surface area (Å²) < 4.78 is 20.3. The fourth-order valence-corrected chi connectivity index (χ4v) is 2.95. The molecule has 1 unspecified atom stereocenters. The van der Waals surface area contributed by atoms with Crippen molar-refractivity contribution in [2.45, 2.75) is 12.5 Å². The van der Waals surface area contributed by atoms with Crippen LogP contribution in [0.1, 0.15) is 28.4 Å². The molecule has 1 atom stereocenters. The fraction of sp³-hybridized carbons (Fsp3) is 0.133. The van der Waals surface area contributed by atoms with Gasteiger partial charge in [0, 0.05) is 4.47 Å². The van der Waals surface area contributed by atoms with E-state index in [0.717, 1.165) is 10.0 Å². The summed E-state index contributed by atoms with van der Waals surface area (Å²) in [5.74, 6) is 0.258. The first kappa shape index (κ1) is 13.8. The van der Waals surface area contributed by atoms with Crippen LogP contribution in [0.2, 0.25) is 0 Å². The topological polar surface area (TPSA) is 26.3 Å². The van der Waals surface area contributed by atoms with Gasteiger partial charge >= 0.3 is 0 Å². The van der Waals surface area contributed by atoms with Crippen LogP contribution in [0.4, 0.5) is 4.39 Å². The van der Waals surface area contributed by atoms with Crippen LogP contribution in [-0.4, -0.2) is 5.78 Å². The maximum absolute atomic E-state index is 13.3. The van der Waals surface area contributed by atoms with Gasteiger partial charge in [-0.2, -0.15) is 0 Å². The minimum atomic E-state index is -0.381. The Bertz CT molecular complexity index is 700. The number of ether oxygens (including phenoxy) is 1. The van der Waals surface area contributed by atoms with Gasteiger partial charge in [-0.1, -0.05) is 22.0 Å². The summed E-state index contributed by atoms with van der Waals surface area (Å²) in [7, 11) is 0. The molecule has 20 heavy (non-hydrogen) atoms. The molecule has 0 radical (unpaired) electrons. The molecule has 0 aliphatic carbocycles. The monoisotopic (exact) mass is 398 g/mol. The highest BCUT2D eigenvalue weighted by atomic mass is 79.9. The van der Waals surface area contributed by atoms with E-state index in [1.165, 1.54) is 6.07 Å². The standard InChI is InChI=1S/C15H9Br2FO2/c16-9-2-4-14-10(6-9)13(19)7-15(20-14)8-1-3-12(18)11(17)5-8/h1-6,15H,7H2. The second-order valence-corrected chi connectivity index (χ2v) is 6.32. The van der Waals surface area contributed by atoms with Gasteiger partial charge in [-0.05, 0) is 51.8 Å². The minimum absolute atomic E-state index is 0.0259. The normalized spacial score (nSPS) is 17.6. The van der Waals surface area contributed by atoms with Crippen molar-refractivity contribution in [3.05, 3.63) is 62.3 Å². The van der Waals surface area contributed by atoms with Crippen LogP contribution in [0.15, 0.2) is 45.3 Å². The Morgan fingerprint density at radius 2 is 1.95 bits per heavy atom. The Morgan fingerprint density at radius 3 is 2.70 bits per heavy atom. The molecule has 102 valence electrons. The average Bonchev–Trinajstić information content (AvgIpc) is 2.42. The summed E-state index contributed by atoms with van der Waals surface area (Å²) in [6.45, 7) is 0. The number of hydrogen-bond acceptors (Lipinski definition) is 2. The molecule has 2 aromatic carbocycles. The molecule has 0 aromatic heterocycles. The van der Waals surface area contributed by atoms with Crippen LogP contribution >= 0.6 is 31.9 Å². The first-order valence-electron chi connectivity index (χ1n) is 5.99. The maximum atomic E-state index is 13.3. The van der Waals surface area contributed by atoms with Crippen molar-refractivity contribution >= 4 is 37.6 Å². The number of Topliss-reactive ketones (excluding diaryl/α,β-unsaturated/α-hetero) is 1. The van der Waals surface area contributed by atoms with Crippen LogP contribution in [0, 0.1) is 5.82 Å². The summed E-state index contributed by atoms with van der Waals surface area (Å²) in [4.78, 5) is 12.2. The molecule has 1 aliphatic rings. The van der Waals surface area contributed by atoms with E-state index in [2.05, 4.69) is 31.9 Å². The zero-order chi connectivity index (χ0) is 14.3. The van der Waals surface area contributed by atoms with Crippen molar-refractivity contribution < 1.29 is 13.9 Å². The number of benzene rings is 2. The van der Waals surface area contributed by atoms with E-state index in [1.54, 1.807) is 24.3 Å². The van der Waals surface area contributed by atoms with Gasteiger partial charge in [0.1, 0.15) is 17.7 Å². The number of ketones is 1. The van der Waals surface area contributed by atoms with E-state index >= 15 is 0 Å². The van der Waals surface area contributed by atoms with Gasteiger partial charge in [-0.3, -0.25) is 4.79 Å². The van der Waals surface area contributed by atoms with Crippen molar-refractivity contribution in [3.8, 4) is 5.75 Å². The largest absolute Gasteiger partial charge is 0.484 e. The van der Waals surface area contributed by atoms with E-state index < -0.39 is 0 Å². The fourth-order valence-electron chi connectivity index (χ4n) is 2.19. The molecule has 0 bridgehead atoms. The third-order valence-corrected chi connectivity index (χ3v) is 4.30. The van der Waals surface area contributed by atoms with Crippen molar-refractivity contribution in [3.63, 3.8) is 0 Å². The van der Waals surface area contributed by atoms with Gasteiger partial charge in [0.05, 0.1) is 16.5 Å². The highest BCUT2D eigenvalue weighted by Gasteiger charge is 2.28. The van der Waals surface area contributed by atoms with Crippen LogP contribution in [-0.2, 0) is 0 Å². The molecule has 0 saturated heterocycles. The Balaban J connectivity index is 1.97. The summed E-state index contributed by atoms with van der Waals surface area (Å²) in [5, 5.41) is 0. The quantitative estimate of drug-likeness (QED) is 0.670. The molecular formula is C15H9Br2FO2. The first-order chi connectivity index (χ1) is 9.54. The van der Waals surface area contributed by atoms with Crippen LogP contribution in [0.3, 0.4) is 0 Å². The molecule has 0 spiro atoms. The third kappa shape index (κ3) is 2.52. The van der Waals surface area contributed by atoms with E-state index in [-0.39, 0.29) is 24.1 Å².